The molecule has 0 unspecified atom stereocenters. The van der Waals surface area contributed by atoms with E-state index in [1.807, 2.05) is 24.4 Å². The van der Waals surface area contributed by atoms with Crippen LogP contribution >= 0.6 is 0 Å². The van der Waals surface area contributed by atoms with Gasteiger partial charge in [0.05, 0.1) is 5.56 Å². The van der Waals surface area contributed by atoms with Crippen molar-refractivity contribution in [2.45, 2.75) is 6.42 Å². The van der Waals surface area contributed by atoms with Gasteiger partial charge in [0.25, 0.3) is 0 Å². The standard InChI is InChI=1S/C12H12N2O2/c13-11-4-3-8(7-10(11)12(15)16)6-9-2-1-5-14-9/h1-5,7,14H,6,13H2,(H,15,16). The van der Waals surface area contributed by atoms with E-state index in [4.69, 9.17) is 10.8 Å². The second kappa shape index (κ2) is 4.10. The molecule has 0 bridgehead atoms. The van der Waals surface area contributed by atoms with Crippen LogP contribution < -0.4 is 5.73 Å². The number of nitrogens with one attached hydrogen (secondary N) is 1. The second-order valence-electron chi connectivity index (χ2n) is 3.60. The van der Waals surface area contributed by atoms with Crippen LogP contribution in [0.3, 0.4) is 0 Å². The Labute approximate surface area is 92.7 Å². The van der Waals surface area contributed by atoms with Crippen molar-refractivity contribution >= 4 is 11.7 Å². The molecule has 0 aliphatic heterocycles. The number of carboxylic acids is 1. The van der Waals surface area contributed by atoms with Crippen molar-refractivity contribution in [3.05, 3.63) is 53.3 Å². The Morgan fingerprint density at radius 1 is 1.38 bits per heavy atom. The van der Waals surface area contributed by atoms with Crippen molar-refractivity contribution in [3.8, 4) is 0 Å². The molecule has 4 heteroatoms. The van der Waals surface area contributed by atoms with Crippen LogP contribution in [0.25, 0.3) is 0 Å². The predicted molar refractivity (Wildman–Crippen MR) is 61.4 cm³/mol. The minimum absolute atomic E-state index is 0.157. The predicted octanol–water partition coefficient (Wildman–Crippen LogP) is 1.89. The number of nitrogens with two attached hydrogens (primary N) is 1. The maximum Gasteiger partial charge on any atom is 0.337 e. The largest absolute Gasteiger partial charge is 0.478 e. The number of H-pyrrole nitrogens is 1. The molecule has 0 aliphatic carbocycles. The van der Waals surface area contributed by atoms with Gasteiger partial charge < -0.3 is 15.8 Å². The van der Waals surface area contributed by atoms with E-state index in [9.17, 15) is 4.79 Å². The van der Waals surface area contributed by atoms with Gasteiger partial charge in [0, 0.05) is 24.0 Å². The monoisotopic (exact) mass is 216 g/mol. The third-order valence-electron chi connectivity index (χ3n) is 2.41. The number of carboxylic acid groups (broad SMARTS) is 1. The zero-order chi connectivity index (χ0) is 11.5. The number of rotatable bonds is 3. The lowest BCUT2D eigenvalue weighted by Crippen LogP contribution is -2.03. The van der Waals surface area contributed by atoms with Crippen LogP contribution in [0.1, 0.15) is 21.6 Å². The van der Waals surface area contributed by atoms with Gasteiger partial charge in [0.2, 0.25) is 0 Å². The fourth-order valence-corrected chi connectivity index (χ4v) is 1.60. The highest BCUT2D eigenvalue weighted by Gasteiger charge is 2.08. The lowest BCUT2D eigenvalue weighted by atomic mass is 10.1. The molecule has 2 aromatic rings. The van der Waals surface area contributed by atoms with Gasteiger partial charge in [-0.05, 0) is 29.8 Å². The summed E-state index contributed by atoms with van der Waals surface area (Å²) in [5, 5.41) is 8.93. The zero-order valence-corrected chi connectivity index (χ0v) is 8.60. The Bertz CT molecular complexity index is 504. The van der Waals surface area contributed by atoms with Crippen LogP contribution in [0.15, 0.2) is 36.5 Å². The lowest BCUT2D eigenvalue weighted by Gasteiger charge is -2.04. The van der Waals surface area contributed by atoms with Gasteiger partial charge >= 0.3 is 5.97 Å². The molecular weight excluding hydrogens is 204 g/mol. The van der Waals surface area contributed by atoms with Gasteiger partial charge in [-0.2, -0.15) is 0 Å². The molecule has 0 aliphatic rings. The highest BCUT2D eigenvalue weighted by atomic mass is 16.4. The van der Waals surface area contributed by atoms with E-state index in [0.29, 0.717) is 12.1 Å². The molecule has 0 fully saturated rings. The summed E-state index contributed by atoms with van der Waals surface area (Å²) in [7, 11) is 0. The van der Waals surface area contributed by atoms with Gasteiger partial charge in [0.1, 0.15) is 0 Å². The van der Waals surface area contributed by atoms with Crippen LogP contribution in [-0.4, -0.2) is 16.1 Å². The number of aromatic carboxylic acids is 1. The number of carbonyl (C=O) groups is 1. The summed E-state index contributed by atoms with van der Waals surface area (Å²) in [4.78, 5) is 14.0. The summed E-state index contributed by atoms with van der Waals surface area (Å²) in [6, 6.07) is 8.93. The van der Waals surface area contributed by atoms with E-state index in [1.165, 1.54) is 0 Å². The molecular formula is C12H12N2O2. The van der Waals surface area contributed by atoms with Crippen molar-refractivity contribution in [2.24, 2.45) is 0 Å². The molecule has 16 heavy (non-hydrogen) atoms. The van der Waals surface area contributed by atoms with Crippen LogP contribution in [0.2, 0.25) is 0 Å². The van der Waals surface area contributed by atoms with Crippen molar-refractivity contribution in [2.75, 3.05) is 5.73 Å². The van der Waals surface area contributed by atoms with Gasteiger partial charge in [0.15, 0.2) is 0 Å². The zero-order valence-electron chi connectivity index (χ0n) is 8.60. The maximum absolute atomic E-state index is 10.9. The molecule has 0 saturated heterocycles. The molecule has 4 N–H and O–H groups in total. The van der Waals surface area contributed by atoms with Crippen molar-refractivity contribution in [1.82, 2.24) is 4.98 Å². The summed E-state index contributed by atoms with van der Waals surface area (Å²) >= 11 is 0. The Kier molecular flexibility index (Phi) is 2.64. The number of aromatic nitrogens is 1. The summed E-state index contributed by atoms with van der Waals surface area (Å²) in [6.45, 7) is 0. The van der Waals surface area contributed by atoms with Gasteiger partial charge in [-0.15, -0.1) is 0 Å². The Morgan fingerprint density at radius 2 is 2.19 bits per heavy atom. The van der Waals surface area contributed by atoms with Crippen molar-refractivity contribution in [3.63, 3.8) is 0 Å². The Morgan fingerprint density at radius 3 is 2.81 bits per heavy atom. The first kappa shape index (κ1) is 10.3. The Balaban J connectivity index is 2.29. The van der Waals surface area contributed by atoms with Crippen molar-refractivity contribution < 1.29 is 9.90 Å². The molecule has 4 nitrogen and oxygen atoms in total. The Hall–Kier alpha value is -2.23. The van der Waals surface area contributed by atoms with Gasteiger partial charge in [-0.1, -0.05) is 6.07 Å². The number of anilines is 1. The smallest absolute Gasteiger partial charge is 0.337 e. The van der Waals surface area contributed by atoms with Crippen LogP contribution in [0.5, 0.6) is 0 Å². The van der Waals surface area contributed by atoms with E-state index >= 15 is 0 Å². The summed E-state index contributed by atoms with van der Waals surface area (Å²) < 4.78 is 0. The summed E-state index contributed by atoms with van der Waals surface area (Å²) in [6.07, 6.45) is 2.51. The first-order valence-electron chi connectivity index (χ1n) is 4.91. The molecule has 0 radical (unpaired) electrons. The molecule has 0 atom stereocenters. The van der Waals surface area contributed by atoms with Gasteiger partial charge in [-0.25, -0.2) is 4.79 Å². The molecule has 1 heterocycles. The number of hydrogen-bond acceptors (Lipinski definition) is 2. The minimum Gasteiger partial charge on any atom is -0.478 e. The molecule has 1 aromatic heterocycles. The van der Waals surface area contributed by atoms with E-state index in [2.05, 4.69) is 4.98 Å². The van der Waals surface area contributed by atoms with Crippen molar-refractivity contribution in [1.29, 1.82) is 0 Å². The highest BCUT2D eigenvalue weighted by Crippen LogP contribution is 2.16. The fraction of sp³-hybridized carbons (Fsp3) is 0.0833. The first-order chi connectivity index (χ1) is 7.66. The van der Waals surface area contributed by atoms with Gasteiger partial charge in [-0.3, -0.25) is 0 Å². The quantitative estimate of drug-likeness (QED) is 0.685. The summed E-state index contributed by atoms with van der Waals surface area (Å²) in [5.74, 6) is -0.995. The maximum atomic E-state index is 10.9. The second-order valence-corrected chi connectivity index (χ2v) is 3.60. The molecule has 82 valence electrons. The highest BCUT2D eigenvalue weighted by molar-refractivity contribution is 5.93. The molecule has 0 saturated carbocycles. The third kappa shape index (κ3) is 2.06. The number of aromatic amines is 1. The van der Waals surface area contributed by atoms with E-state index in [-0.39, 0.29) is 5.56 Å². The molecule has 0 amide bonds. The average Bonchev–Trinajstić information content (AvgIpc) is 2.73. The minimum atomic E-state index is -0.995. The van der Waals surface area contributed by atoms with E-state index in [1.54, 1.807) is 12.1 Å². The molecule has 0 spiro atoms. The normalized spacial score (nSPS) is 10.2. The third-order valence-corrected chi connectivity index (χ3v) is 2.41. The van der Waals surface area contributed by atoms with Crippen LogP contribution in [0.4, 0.5) is 5.69 Å². The van der Waals surface area contributed by atoms with E-state index in [0.717, 1.165) is 11.3 Å². The average molecular weight is 216 g/mol. The van der Waals surface area contributed by atoms with Crippen LogP contribution in [-0.2, 0) is 6.42 Å². The lowest BCUT2D eigenvalue weighted by molar-refractivity contribution is 0.0698. The number of benzene rings is 1. The van der Waals surface area contributed by atoms with E-state index < -0.39 is 5.97 Å². The number of hydrogen-bond donors (Lipinski definition) is 3. The first-order valence-corrected chi connectivity index (χ1v) is 4.91. The van der Waals surface area contributed by atoms with Crippen LogP contribution in [0, 0.1) is 0 Å². The molecule has 1 aromatic carbocycles. The fourth-order valence-electron chi connectivity index (χ4n) is 1.60. The molecule has 2 rings (SSSR count). The topological polar surface area (TPSA) is 79.1 Å². The summed E-state index contributed by atoms with van der Waals surface area (Å²) in [5.41, 5.74) is 7.99. The number of nitrogen functional groups attached to an aromatic ring is 1. The SMILES string of the molecule is Nc1ccc(Cc2ccc[nH]2)cc1C(=O)O.